The summed E-state index contributed by atoms with van der Waals surface area (Å²) in [5.41, 5.74) is 1.61. The molecule has 17 heavy (non-hydrogen) atoms. The van der Waals surface area contributed by atoms with Gasteiger partial charge in [-0.3, -0.25) is 9.53 Å². The fraction of sp³-hybridized carbons (Fsp3) is 0.364. The van der Waals surface area contributed by atoms with Crippen molar-refractivity contribution in [1.82, 2.24) is 5.32 Å². The second-order valence-electron chi connectivity index (χ2n) is 3.56. The Bertz CT molecular complexity index is 436. The molecule has 1 aromatic rings. The average molecular weight is 257 g/mol. The summed E-state index contributed by atoms with van der Waals surface area (Å²) in [6.07, 6.45) is 0.880. The van der Waals surface area contributed by atoms with E-state index in [9.17, 15) is 9.00 Å². The van der Waals surface area contributed by atoms with E-state index in [-0.39, 0.29) is 0 Å². The maximum Gasteiger partial charge on any atom is 0.414 e. The molecule has 5 nitrogen and oxygen atoms in total. The predicted molar refractivity (Wildman–Crippen MR) is 64.5 cm³/mol. The van der Waals surface area contributed by atoms with Gasteiger partial charge in [0.1, 0.15) is 12.5 Å². The lowest BCUT2D eigenvalue weighted by molar-refractivity contribution is 0.181. The lowest BCUT2D eigenvalue weighted by Gasteiger charge is -2.10. The number of aryl methyl sites for hydroxylation is 2. The highest BCUT2D eigenvalue weighted by molar-refractivity contribution is 7.84. The SMILES string of the molecule is Cc1cc(OC(=O)NCO)cc(C)c1S(C)=O. The van der Waals surface area contributed by atoms with Crippen molar-refractivity contribution in [2.45, 2.75) is 18.7 Å². The summed E-state index contributed by atoms with van der Waals surface area (Å²) in [6.45, 7) is 3.13. The average Bonchev–Trinajstić information content (AvgIpc) is 2.15. The van der Waals surface area contributed by atoms with Gasteiger partial charge < -0.3 is 9.84 Å². The van der Waals surface area contributed by atoms with Crippen molar-refractivity contribution in [2.24, 2.45) is 0 Å². The third kappa shape index (κ3) is 3.54. The van der Waals surface area contributed by atoms with Crippen molar-refractivity contribution in [3.63, 3.8) is 0 Å². The van der Waals surface area contributed by atoms with Gasteiger partial charge in [-0.1, -0.05) is 0 Å². The molecule has 0 saturated carbocycles. The molecule has 0 aromatic heterocycles. The molecule has 1 rings (SSSR count). The number of aliphatic hydroxyl groups excluding tert-OH is 1. The Morgan fingerprint density at radius 3 is 2.35 bits per heavy atom. The molecule has 0 aliphatic heterocycles. The minimum absolute atomic E-state index is 0.361. The molecule has 0 heterocycles. The van der Waals surface area contributed by atoms with E-state index in [1.54, 1.807) is 32.2 Å². The molecule has 0 aliphatic rings. The zero-order chi connectivity index (χ0) is 13.0. The minimum Gasteiger partial charge on any atom is -0.410 e. The van der Waals surface area contributed by atoms with Crippen LogP contribution in [-0.4, -0.2) is 28.4 Å². The highest BCUT2D eigenvalue weighted by Crippen LogP contribution is 2.24. The number of amides is 1. The Morgan fingerprint density at radius 1 is 1.41 bits per heavy atom. The monoisotopic (exact) mass is 257 g/mol. The van der Waals surface area contributed by atoms with Gasteiger partial charge in [0.25, 0.3) is 0 Å². The Kier molecular flexibility index (Phi) is 4.65. The van der Waals surface area contributed by atoms with E-state index in [1.807, 2.05) is 0 Å². The normalized spacial score (nSPS) is 12.0. The zero-order valence-electron chi connectivity index (χ0n) is 9.94. The van der Waals surface area contributed by atoms with Crippen LogP contribution in [0.5, 0.6) is 5.75 Å². The highest BCUT2D eigenvalue weighted by atomic mass is 32.2. The number of ether oxygens (including phenoxy) is 1. The number of hydrogen-bond donors (Lipinski definition) is 2. The molecule has 0 radical (unpaired) electrons. The summed E-state index contributed by atoms with van der Waals surface area (Å²) in [6, 6.07) is 3.28. The quantitative estimate of drug-likeness (QED) is 0.794. The Labute approximate surface area is 102 Å². The van der Waals surface area contributed by atoms with Crippen LogP contribution in [0, 0.1) is 13.8 Å². The Balaban J connectivity index is 2.98. The molecule has 94 valence electrons. The van der Waals surface area contributed by atoms with Crippen LogP contribution < -0.4 is 10.1 Å². The number of rotatable bonds is 3. The van der Waals surface area contributed by atoms with Crippen LogP contribution in [0.1, 0.15) is 11.1 Å². The molecule has 0 fully saturated rings. The topological polar surface area (TPSA) is 75.6 Å². The van der Waals surface area contributed by atoms with Crippen molar-refractivity contribution in [2.75, 3.05) is 13.0 Å². The van der Waals surface area contributed by atoms with E-state index < -0.39 is 23.6 Å². The van der Waals surface area contributed by atoms with Crippen LogP contribution in [0.2, 0.25) is 0 Å². The van der Waals surface area contributed by atoms with Gasteiger partial charge in [0, 0.05) is 11.2 Å². The van der Waals surface area contributed by atoms with Crippen LogP contribution >= 0.6 is 0 Å². The van der Waals surface area contributed by atoms with Crippen molar-refractivity contribution >= 4 is 16.9 Å². The Morgan fingerprint density at radius 2 is 1.94 bits per heavy atom. The first-order valence-electron chi connectivity index (χ1n) is 4.97. The fourth-order valence-electron chi connectivity index (χ4n) is 1.63. The van der Waals surface area contributed by atoms with Crippen molar-refractivity contribution in [3.05, 3.63) is 23.3 Å². The molecule has 1 amide bonds. The van der Waals surface area contributed by atoms with E-state index in [4.69, 9.17) is 9.84 Å². The molecule has 0 bridgehead atoms. The summed E-state index contributed by atoms with van der Waals surface area (Å²) in [5, 5.41) is 10.6. The van der Waals surface area contributed by atoms with Gasteiger partial charge in [-0.05, 0) is 37.1 Å². The zero-order valence-corrected chi connectivity index (χ0v) is 10.8. The highest BCUT2D eigenvalue weighted by Gasteiger charge is 2.11. The molecular weight excluding hydrogens is 242 g/mol. The molecule has 0 saturated heterocycles. The van der Waals surface area contributed by atoms with Crippen LogP contribution in [0.15, 0.2) is 17.0 Å². The van der Waals surface area contributed by atoms with Gasteiger partial charge in [0.15, 0.2) is 0 Å². The number of hydrogen-bond acceptors (Lipinski definition) is 4. The van der Waals surface area contributed by atoms with Gasteiger partial charge in [-0.2, -0.15) is 0 Å². The van der Waals surface area contributed by atoms with Crippen LogP contribution in [0.3, 0.4) is 0 Å². The number of nitrogens with one attached hydrogen (secondary N) is 1. The third-order valence-electron chi connectivity index (χ3n) is 2.16. The van der Waals surface area contributed by atoms with E-state index in [0.29, 0.717) is 5.75 Å². The van der Waals surface area contributed by atoms with Crippen LogP contribution in [0.25, 0.3) is 0 Å². The lowest BCUT2D eigenvalue weighted by atomic mass is 10.1. The van der Waals surface area contributed by atoms with Crippen LogP contribution in [-0.2, 0) is 10.8 Å². The summed E-state index contributed by atoms with van der Waals surface area (Å²) in [4.78, 5) is 11.9. The predicted octanol–water partition coefficient (Wildman–Crippen LogP) is 1.08. The molecule has 1 aromatic carbocycles. The first-order valence-corrected chi connectivity index (χ1v) is 6.52. The van der Waals surface area contributed by atoms with E-state index in [1.165, 1.54) is 0 Å². The molecule has 6 heteroatoms. The smallest absolute Gasteiger partial charge is 0.410 e. The van der Waals surface area contributed by atoms with Gasteiger partial charge in [0.2, 0.25) is 0 Å². The first-order chi connectivity index (χ1) is 7.95. The van der Waals surface area contributed by atoms with Crippen molar-refractivity contribution in [1.29, 1.82) is 0 Å². The van der Waals surface area contributed by atoms with Crippen molar-refractivity contribution in [3.8, 4) is 5.75 Å². The summed E-state index contributed by atoms with van der Waals surface area (Å²) >= 11 is 0. The van der Waals surface area contributed by atoms with Crippen molar-refractivity contribution < 1.29 is 18.8 Å². The van der Waals surface area contributed by atoms with E-state index in [0.717, 1.165) is 16.0 Å². The van der Waals surface area contributed by atoms with E-state index >= 15 is 0 Å². The molecule has 1 unspecified atom stereocenters. The van der Waals surface area contributed by atoms with Gasteiger partial charge in [-0.25, -0.2) is 4.79 Å². The molecule has 1 atom stereocenters. The summed E-state index contributed by atoms with van der Waals surface area (Å²) < 4.78 is 16.4. The molecule has 0 aliphatic carbocycles. The number of carbonyl (C=O) groups is 1. The maximum absolute atomic E-state index is 11.5. The second kappa shape index (κ2) is 5.79. The van der Waals surface area contributed by atoms with Gasteiger partial charge in [-0.15, -0.1) is 0 Å². The minimum atomic E-state index is -1.07. The number of aliphatic hydroxyl groups is 1. The first kappa shape index (κ1) is 13.7. The fourth-order valence-corrected chi connectivity index (χ4v) is 2.66. The summed E-state index contributed by atoms with van der Waals surface area (Å²) in [5.74, 6) is 0.361. The largest absolute Gasteiger partial charge is 0.414 e. The molecular formula is C11H15NO4S. The third-order valence-corrected chi connectivity index (χ3v) is 3.37. The molecule has 2 N–H and O–H groups in total. The van der Waals surface area contributed by atoms with Gasteiger partial charge >= 0.3 is 6.09 Å². The molecule has 0 spiro atoms. The Hall–Kier alpha value is -1.40. The number of benzene rings is 1. The van der Waals surface area contributed by atoms with E-state index in [2.05, 4.69) is 5.32 Å². The van der Waals surface area contributed by atoms with Gasteiger partial charge in [0.05, 0.1) is 10.8 Å². The number of carbonyl (C=O) groups excluding carboxylic acids is 1. The van der Waals surface area contributed by atoms with Crippen LogP contribution in [0.4, 0.5) is 4.79 Å². The summed E-state index contributed by atoms with van der Waals surface area (Å²) in [7, 11) is -1.07. The lowest BCUT2D eigenvalue weighted by Crippen LogP contribution is -2.27. The maximum atomic E-state index is 11.5. The second-order valence-corrected chi connectivity index (χ2v) is 4.88. The standard InChI is InChI=1S/C11H15NO4S/c1-7-4-9(16-11(14)12-6-13)5-8(2)10(7)17(3)15/h4-5,13H,6H2,1-3H3,(H,12,14).